The van der Waals surface area contributed by atoms with Crippen molar-refractivity contribution in [2.75, 3.05) is 0 Å². The molecule has 5 nitrogen and oxygen atoms in total. The van der Waals surface area contributed by atoms with Crippen molar-refractivity contribution in [1.29, 1.82) is 0 Å². The molecule has 1 N–H and O–H groups in total. The number of phenolic OH excluding ortho intramolecular Hbond substituents is 1. The predicted octanol–water partition coefficient (Wildman–Crippen LogP) is 3.81. The standard InChI is InChI=1S/C20H16N2O3/c23-19-9-7-16(8-10-19)5-6-17-11-13-21(14-12-17)15-18-3-1-2-4-20(18)22(24)25/h1-14H,15H2/p+1. The number of nitrogens with zero attached hydrogens (tertiary/aromatic N) is 2. The van der Waals surface area contributed by atoms with Crippen LogP contribution in [0.15, 0.2) is 73.1 Å². The lowest BCUT2D eigenvalue weighted by Gasteiger charge is -2.00. The molecule has 0 bridgehead atoms. The van der Waals surface area contributed by atoms with Crippen molar-refractivity contribution < 1.29 is 14.6 Å². The summed E-state index contributed by atoms with van der Waals surface area (Å²) < 4.78 is 1.90. The fourth-order valence-corrected chi connectivity index (χ4v) is 2.48. The van der Waals surface area contributed by atoms with Gasteiger partial charge in [0.05, 0.1) is 10.5 Å². The summed E-state index contributed by atoms with van der Waals surface area (Å²) in [6.07, 6.45) is 7.73. The third kappa shape index (κ3) is 4.29. The molecule has 0 unspecified atom stereocenters. The maximum Gasteiger partial charge on any atom is 0.278 e. The summed E-state index contributed by atoms with van der Waals surface area (Å²) >= 11 is 0. The number of phenols is 1. The van der Waals surface area contributed by atoms with Crippen molar-refractivity contribution >= 4 is 17.8 Å². The summed E-state index contributed by atoms with van der Waals surface area (Å²) in [5.41, 5.74) is 2.82. The highest BCUT2D eigenvalue weighted by Crippen LogP contribution is 2.17. The molecule has 0 saturated heterocycles. The second-order valence-corrected chi connectivity index (χ2v) is 5.61. The number of rotatable bonds is 5. The van der Waals surface area contributed by atoms with E-state index in [0.29, 0.717) is 12.1 Å². The van der Waals surface area contributed by atoms with E-state index in [1.165, 1.54) is 6.07 Å². The molecule has 0 fully saturated rings. The van der Waals surface area contributed by atoms with Gasteiger partial charge in [-0.3, -0.25) is 10.1 Å². The zero-order chi connectivity index (χ0) is 17.6. The SMILES string of the molecule is O=[N+]([O-])c1ccccc1C[n+]1ccc(/C=C/c2ccc(O)cc2)cc1. The van der Waals surface area contributed by atoms with Crippen LogP contribution in [0.3, 0.4) is 0 Å². The number of para-hydroxylation sites is 1. The first kappa shape index (κ1) is 16.4. The molecule has 0 amide bonds. The Hall–Kier alpha value is -3.47. The smallest absolute Gasteiger partial charge is 0.278 e. The van der Waals surface area contributed by atoms with Crippen molar-refractivity contribution in [3.8, 4) is 5.75 Å². The van der Waals surface area contributed by atoms with E-state index in [0.717, 1.165) is 11.1 Å². The normalized spacial score (nSPS) is 10.9. The average Bonchev–Trinajstić information content (AvgIpc) is 2.63. The van der Waals surface area contributed by atoms with Gasteiger partial charge in [0.1, 0.15) is 5.75 Å². The van der Waals surface area contributed by atoms with Crippen LogP contribution in [0, 0.1) is 10.1 Å². The van der Waals surface area contributed by atoms with Crippen LogP contribution >= 0.6 is 0 Å². The molecule has 0 spiro atoms. The number of aromatic nitrogens is 1. The second kappa shape index (κ2) is 7.40. The molecule has 0 atom stereocenters. The van der Waals surface area contributed by atoms with Gasteiger partial charge < -0.3 is 5.11 Å². The summed E-state index contributed by atoms with van der Waals surface area (Å²) in [5, 5.41) is 20.4. The minimum atomic E-state index is -0.356. The van der Waals surface area contributed by atoms with E-state index in [1.807, 2.05) is 53.4 Å². The Labute approximate surface area is 145 Å². The molecule has 0 aliphatic heterocycles. The number of nitro groups is 1. The van der Waals surface area contributed by atoms with E-state index in [9.17, 15) is 15.2 Å². The van der Waals surface area contributed by atoms with Gasteiger partial charge in [-0.25, -0.2) is 4.57 Å². The zero-order valence-corrected chi connectivity index (χ0v) is 13.4. The van der Waals surface area contributed by atoms with Crippen molar-refractivity contribution in [3.63, 3.8) is 0 Å². The quantitative estimate of drug-likeness (QED) is 0.439. The number of hydrogen-bond acceptors (Lipinski definition) is 3. The summed E-state index contributed by atoms with van der Waals surface area (Å²) in [4.78, 5) is 10.7. The maximum absolute atomic E-state index is 11.1. The Balaban J connectivity index is 1.72. The molecule has 1 aromatic heterocycles. The van der Waals surface area contributed by atoms with Crippen LogP contribution in [0.25, 0.3) is 12.2 Å². The van der Waals surface area contributed by atoms with E-state index in [1.54, 1.807) is 30.3 Å². The Morgan fingerprint density at radius 2 is 1.52 bits per heavy atom. The molecule has 0 aliphatic rings. The topological polar surface area (TPSA) is 67.2 Å². The molecule has 0 radical (unpaired) electrons. The van der Waals surface area contributed by atoms with Gasteiger partial charge in [-0.2, -0.15) is 0 Å². The van der Waals surface area contributed by atoms with Crippen molar-refractivity contribution in [2.45, 2.75) is 6.54 Å². The predicted molar refractivity (Wildman–Crippen MR) is 95.9 cm³/mol. The molecule has 25 heavy (non-hydrogen) atoms. The first-order valence-corrected chi connectivity index (χ1v) is 7.80. The molecule has 5 heteroatoms. The largest absolute Gasteiger partial charge is 0.508 e. The summed E-state index contributed by atoms with van der Waals surface area (Å²) in [6, 6.07) is 17.6. The molecule has 3 rings (SSSR count). The minimum Gasteiger partial charge on any atom is -0.508 e. The number of benzene rings is 2. The molecule has 3 aromatic rings. The lowest BCUT2D eigenvalue weighted by atomic mass is 10.1. The Morgan fingerprint density at radius 1 is 0.920 bits per heavy atom. The Morgan fingerprint density at radius 3 is 2.16 bits per heavy atom. The van der Waals surface area contributed by atoms with Crippen LogP contribution < -0.4 is 4.57 Å². The third-order valence-corrected chi connectivity index (χ3v) is 3.82. The van der Waals surface area contributed by atoms with Gasteiger partial charge in [-0.05, 0) is 29.3 Å². The molecular weight excluding hydrogens is 316 g/mol. The van der Waals surface area contributed by atoms with E-state index in [-0.39, 0.29) is 16.4 Å². The summed E-state index contributed by atoms with van der Waals surface area (Å²) in [5.74, 6) is 0.243. The number of nitro benzene ring substituents is 1. The highest BCUT2D eigenvalue weighted by atomic mass is 16.6. The van der Waals surface area contributed by atoms with Gasteiger partial charge in [-0.15, -0.1) is 0 Å². The van der Waals surface area contributed by atoms with Gasteiger partial charge in [0.25, 0.3) is 5.69 Å². The van der Waals surface area contributed by atoms with Crippen molar-refractivity contribution in [1.82, 2.24) is 0 Å². The van der Waals surface area contributed by atoms with Gasteiger partial charge in [0.2, 0.25) is 0 Å². The average molecular weight is 333 g/mol. The first-order valence-electron chi connectivity index (χ1n) is 7.80. The fourth-order valence-electron chi connectivity index (χ4n) is 2.48. The lowest BCUT2D eigenvalue weighted by molar-refractivity contribution is -0.688. The van der Waals surface area contributed by atoms with Crippen molar-refractivity contribution in [2.24, 2.45) is 0 Å². The highest BCUT2D eigenvalue weighted by molar-refractivity contribution is 5.69. The second-order valence-electron chi connectivity index (χ2n) is 5.61. The van der Waals surface area contributed by atoms with Crippen LogP contribution in [0.2, 0.25) is 0 Å². The van der Waals surface area contributed by atoms with Crippen LogP contribution in [-0.2, 0) is 6.54 Å². The monoisotopic (exact) mass is 333 g/mol. The molecule has 1 heterocycles. The van der Waals surface area contributed by atoms with E-state index < -0.39 is 0 Å². The highest BCUT2D eigenvalue weighted by Gasteiger charge is 2.15. The van der Waals surface area contributed by atoms with Gasteiger partial charge in [-0.1, -0.05) is 36.4 Å². The molecule has 2 aromatic carbocycles. The number of hydrogen-bond donors (Lipinski definition) is 1. The van der Waals surface area contributed by atoms with Crippen LogP contribution in [0.5, 0.6) is 5.75 Å². The molecular formula is C20H17N2O3+. The third-order valence-electron chi connectivity index (χ3n) is 3.82. The molecule has 0 aliphatic carbocycles. The van der Waals surface area contributed by atoms with Crippen LogP contribution in [0.4, 0.5) is 5.69 Å². The lowest BCUT2D eigenvalue weighted by Crippen LogP contribution is -2.33. The number of aromatic hydroxyl groups is 1. The maximum atomic E-state index is 11.1. The molecule has 124 valence electrons. The number of pyridine rings is 1. The van der Waals surface area contributed by atoms with E-state index in [4.69, 9.17) is 0 Å². The summed E-state index contributed by atoms with van der Waals surface area (Å²) in [7, 11) is 0. The van der Waals surface area contributed by atoms with Gasteiger partial charge >= 0.3 is 0 Å². The van der Waals surface area contributed by atoms with E-state index >= 15 is 0 Å². The fraction of sp³-hybridized carbons (Fsp3) is 0.0500. The van der Waals surface area contributed by atoms with Crippen LogP contribution in [0.1, 0.15) is 16.7 Å². The van der Waals surface area contributed by atoms with Crippen LogP contribution in [-0.4, -0.2) is 10.0 Å². The van der Waals surface area contributed by atoms with Crippen molar-refractivity contribution in [3.05, 3.63) is 99.9 Å². The zero-order valence-electron chi connectivity index (χ0n) is 13.4. The Kier molecular flexibility index (Phi) is 4.85. The van der Waals surface area contributed by atoms with Gasteiger partial charge in [0.15, 0.2) is 18.9 Å². The molecule has 0 saturated carbocycles. The summed E-state index contributed by atoms with van der Waals surface area (Å²) in [6.45, 7) is 0.444. The van der Waals surface area contributed by atoms with Gasteiger partial charge in [0, 0.05) is 18.2 Å². The Bertz CT molecular complexity index is 901. The minimum absolute atomic E-state index is 0.131. The van der Waals surface area contributed by atoms with E-state index in [2.05, 4.69) is 0 Å². The first-order chi connectivity index (χ1) is 12.1.